The van der Waals surface area contributed by atoms with E-state index < -0.39 is 0 Å². The molecular weight excluding hydrogens is 254 g/mol. The lowest BCUT2D eigenvalue weighted by atomic mass is 10.2. The maximum Gasteiger partial charge on any atom is 0.272 e. The highest BCUT2D eigenvalue weighted by Crippen LogP contribution is 2.09. The third-order valence-corrected chi connectivity index (χ3v) is 2.70. The normalized spacial score (nSPS) is 11.7. The van der Waals surface area contributed by atoms with Gasteiger partial charge in [-0.15, -0.1) is 0 Å². The van der Waals surface area contributed by atoms with Crippen LogP contribution in [0.2, 0.25) is 0 Å². The number of hydrogen-bond donors (Lipinski definition) is 2. The summed E-state index contributed by atoms with van der Waals surface area (Å²) in [6, 6.07) is 5.40. The summed E-state index contributed by atoms with van der Waals surface area (Å²) in [6.07, 6.45) is 4.73. The fourth-order valence-corrected chi connectivity index (χ4v) is 1.72. The number of hydrogen-bond acceptors (Lipinski definition) is 5. The molecule has 0 bridgehead atoms. The first-order valence-electron chi connectivity index (χ1n) is 6.48. The maximum atomic E-state index is 12.1. The Kier molecular flexibility index (Phi) is 4.60. The molecule has 2 aromatic rings. The van der Waals surface area contributed by atoms with Crippen molar-refractivity contribution in [2.45, 2.75) is 19.9 Å². The Morgan fingerprint density at radius 1 is 1.35 bits per heavy atom. The van der Waals surface area contributed by atoms with E-state index in [4.69, 9.17) is 0 Å². The van der Waals surface area contributed by atoms with Crippen LogP contribution in [-0.2, 0) is 0 Å². The largest absolute Gasteiger partial charge is 0.369 e. The number of nitrogens with zero attached hydrogens (tertiary/aromatic N) is 3. The van der Waals surface area contributed by atoms with Crippen molar-refractivity contribution in [1.82, 2.24) is 20.3 Å². The average molecular weight is 271 g/mol. The summed E-state index contributed by atoms with van der Waals surface area (Å²) in [5.41, 5.74) is 1.09. The monoisotopic (exact) mass is 271 g/mol. The Balaban J connectivity index is 2.06. The highest BCUT2D eigenvalue weighted by atomic mass is 16.1. The van der Waals surface area contributed by atoms with Crippen molar-refractivity contribution in [3.8, 4) is 0 Å². The van der Waals surface area contributed by atoms with E-state index in [0.717, 1.165) is 12.2 Å². The van der Waals surface area contributed by atoms with Crippen LogP contribution in [-0.4, -0.2) is 27.4 Å². The van der Waals surface area contributed by atoms with Crippen LogP contribution in [0.15, 0.2) is 36.8 Å². The minimum atomic E-state index is -0.268. The zero-order valence-corrected chi connectivity index (χ0v) is 11.5. The Morgan fingerprint density at radius 3 is 2.90 bits per heavy atom. The third-order valence-electron chi connectivity index (χ3n) is 2.70. The number of pyridine rings is 1. The fraction of sp³-hybridized carbons (Fsp3) is 0.286. The van der Waals surface area contributed by atoms with Gasteiger partial charge in [-0.1, -0.05) is 6.07 Å². The predicted molar refractivity (Wildman–Crippen MR) is 76.3 cm³/mol. The van der Waals surface area contributed by atoms with E-state index in [0.29, 0.717) is 5.82 Å². The molecule has 0 radical (unpaired) electrons. The number of carbonyl (C=O) groups is 1. The van der Waals surface area contributed by atoms with E-state index in [1.165, 1.54) is 6.20 Å². The highest BCUT2D eigenvalue weighted by Gasteiger charge is 2.13. The van der Waals surface area contributed by atoms with Crippen LogP contribution >= 0.6 is 0 Å². The van der Waals surface area contributed by atoms with Crippen molar-refractivity contribution < 1.29 is 4.79 Å². The molecule has 0 saturated heterocycles. The van der Waals surface area contributed by atoms with Gasteiger partial charge in [0.25, 0.3) is 5.91 Å². The first kappa shape index (κ1) is 13.9. The average Bonchev–Trinajstić information content (AvgIpc) is 2.48. The van der Waals surface area contributed by atoms with Crippen molar-refractivity contribution in [3.05, 3.63) is 48.2 Å². The predicted octanol–water partition coefficient (Wildman–Crippen LogP) is 1.79. The Hall–Kier alpha value is -2.50. The topological polar surface area (TPSA) is 79.8 Å². The van der Waals surface area contributed by atoms with Gasteiger partial charge in [-0.3, -0.25) is 14.8 Å². The summed E-state index contributed by atoms with van der Waals surface area (Å²) in [6.45, 7) is 4.56. The molecule has 2 aromatic heterocycles. The van der Waals surface area contributed by atoms with Crippen molar-refractivity contribution in [2.75, 3.05) is 11.9 Å². The SMILES string of the molecule is CCNc1cncc(C(=O)NC(C)c2ccccn2)n1. The van der Waals surface area contributed by atoms with E-state index in [1.54, 1.807) is 12.4 Å². The lowest BCUT2D eigenvalue weighted by Gasteiger charge is -2.13. The third kappa shape index (κ3) is 3.50. The summed E-state index contributed by atoms with van der Waals surface area (Å²) in [5.74, 6) is 0.320. The first-order chi connectivity index (χ1) is 9.70. The Morgan fingerprint density at radius 2 is 2.20 bits per heavy atom. The molecule has 104 valence electrons. The van der Waals surface area contributed by atoms with Gasteiger partial charge in [0.05, 0.1) is 24.1 Å². The molecule has 0 aliphatic rings. The van der Waals surface area contributed by atoms with Gasteiger partial charge in [-0.25, -0.2) is 4.98 Å². The molecule has 2 rings (SSSR count). The molecule has 1 atom stereocenters. The molecule has 0 aromatic carbocycles. The number of carbonyl (C=O) groups excluding carboxylic acids is 1. The van der Waals surface area contributed by atoms with Gasteiger partial charge in [-0.2, -0.15) is 0 Å². The second kappa shape index (κ2) is 6.60. The van der Waals surface area contributed by atoms with E-state index >= 15 is 0 Å². The maximum absolute atomic E-state index is 12.1. The molecule has 6 heteroatoms. The molecule has 2 N–H and O–H groups in total. The van der Waals surface area contributed by atoms with Gasteiger partial charge in [0.1, 0.15) is 11.5 Å². The fourth-order valence-electron chi connectivity index (χ4n) is 1.72. The molecular formula is C14H17N5O. The van der Waals surface area contributed by atoms with Gasteiger partial charge in [-0.05, 0) is 26.0 Å². The van der Waals surface area contributed by atoms with Crippen molar-refractivity contribution in [2.24, 2.45) is 0 Å². The first-order valence-corrected chi connectivity index (χ1v) is 6.48. The van der Waals surface area contributed by atoms with Crippen molar-refractivity contribution in [1.29, 1.82) is 0 Å². The Bertz CT molecular complexity index is 573. The van der Waals surface area contributed by atoms with E-state index in [9.17, 15) is 4.79 Å². The zero-order valence-electron chi connectivity index (χ0n) is 11.5. The van der Waals surface area contributed by atoms with Gasteiger partial charge >= 0.3 is 0 Å². The van der Waals surface area contributed by atoms with Gasteiger partial charge in [0.15, 0.2) is 0 Å². The Labute approximate surface area is 117 Å². The van der Waals surface area contributed by atoms with E-state index in [-0.39, 0.29) is 17.6 Å². The van der Waals surface area contributed by atoms with Crippen LogP contribution in [0.4, 0.5) is 5.82 Å². The van der Waals surface area contributed by atoms with Crippen molar-refractivity contribution >= 4 is 11.7 Å². The summed E-state index contributed by atoms with van der Waals surface area (Å²) in [7, 11) is 0. The van der Waals surface area contributed by atoms with Gasteiger partial charge in [0.2, 0.25) is 0 Å². The van der Waals surface area contributed by atoms with Crippen LogP contribution in [0.1, 0.15) is 36.1 Å². The molecule has 0 aliphatic carbocycles. The minimum Gasteiger partial charge on any atom is -0.369 e. The van der Waals surface area contributed by atoms with Gasteiger partial charge < -0.3 is 10.6 Å². The molecule has 1 amide bonds. The summed E-state index contributed by atoms with van der Waals surface area (Å²) in [5, 5.41) is 5.87. The molecule has 0 spiro atoms. The summed E-state index contributed by atoms with van der Waals surface area (Å²) in [4.78, 5) is 24.5. The van der Waals surface area contributed by atoms with Crippen LogP contribution in [0.3, 0.4) is 0 Å². The number of amides is 1. The minimum absolute atomic E-state index is 0.187. The second-order valence-corrected chi connectivity index (χ2v) is 4.27. The molecule has 0 aliphatic heterocycles. The second-order valence-electron chi connectivity index (χ2n) is 4.27. The van der Waals surface area contributed by atoms with Crippen LogP contribution in [0.25, 0.3) is 0 Å². The molecule has 6 nitrogen and oxygen atoms in total. The highest BCUT2D eigenvalue weighted by molar-refractivity contribution is 5.92. The summed E-state index contributed by atoms with van der Waals surface area (Å²) >= 11 is 0. The van der Waals surface area contributed by atoms with Crippen LogP contribution < -0.4 is 10.6 Å². The van der Waals surface area contributed by atoms with Crippen molar-refractivity contribution in [3.63, 3.8) is 0 Å². The molecule has 20 heavy (non-hydrogen) atoms. The number of aromatic nitrogens is 3. The van der Waals surface area contributed by atoms with E-state index in [2.05, 4.69) is 25.6 Å². The standard InChI is InChI=1S/C14H17N5O/c1-3-16-13-9-15-8-12(19-13)14(20)18-10(2)11-6-4-5-7-17-11/h4-10H,3H2,1-2H3,(H,16,19)(H,18,20). The van der Waals surface area contributed by atoms with Crippen LogP contribution in [0, 0.1) is 0 Å². The number of rotatable bonds is 5. The molecule has 1 unspecified atom stereocenters. The molecule has 2 heterocycles. The summed E-state index contributed by atoms with van der Waals surface area (Å²) < 4.78 is 0. The van der Waals surface area contributed by atoms with Crippen LogP contribution in [0.5, 0.6) is 0 Å². The lowest BCUT2D eigenvalue weighted by molar-refractivity contribution is 0.0934. The zero-order chi connectivity index (χ0) is 14.4. The number of nitrogens with one attached hydrogen (secondary N) is 2. The smallest absolute Gasteiger partial charge is 0.272 e. The number of anilines is 1. The lowest BCUT2D eigenvalue weighted by Crippen LogP contribution is -2.28. The molecule has 0 fully saturated rings. The quantitative estimate of drug-likeness (QED) is 0.866. The van der Waals surface area contributed by atoms with E-state index in [1.807, 2.05) is 32.0 Å². The van der Waals surface area contributed by atoms with Gasteiger partial charge in [0, 0.05) is 12.7 Å². The molecule has 0 saturated carbocycles.